The molecule has 1 rings (SSSR count). The van der Waals surface area contributed by atoms with E-state index in [1.54, 1.807) is 0 Å². The van der Waals surface area contributed by atoms with Gasteiger partial charge in [0.2, 0.25) is 0 Å². The van der Waals surface area contributed by atoms with Gasteiger partial charge in [0.1, 0.15) is 0 Å². The molecule has 2 heteroatoms. The van der Waals surface area contributed by atoms with Gasteiger partial charge in [0.05, 0.1) is 0 Å². The summed E-state index contributed by atoms with van der Waals surface area (Å²) in [6.07, 6.45) is 4.87. The Bertz CT molecular complexity index is 103. The zero-order valence-corrected chi connectivity index (χ0v) is 6.72. The van der Waals surface area contributed by atoms with Gasteiger partial charge in [-0.2, -0.15) is 0 Å². The Hall–Kier alpha value is -0.0800. The molecule has 1 saturated carbocycles. The SMILES string of the molecule is CCC1CCCC(N)C1N. The number of hydrogen-bond donors (Lipinski definition) is 2. The fourth-order valence-electron chi connectivity index (χ4n) is 1.83. The molecule has 0 amide bonds. The van der Waals surface area contributed by atoms with Crippen LogP contribution in [0.15, 0.2) is 0 Å². The van der Waals surface area contributed by atoms with E-state index in [1.165, 1.54) is 19.3 Å². The standard InChI is InChI=1S/C8H18N2/c1-2-6-4-3-5-7(9)8(6)10/h6-8H,2-5,9-10H2,1H3. The minimum Gasteiger partial charge on any atom is -0.326 e. The Balaban J connectivity index is 2.42. The molecule has 2 nitrogen and oxygen atoms in total. The first-order valence-corrected chi connectivity index (χ1v) is 4.27. The highest BCUT2D eigenvalue weighted by molar-refractivity contribution is 4.86. The summed E-state index contributed by atoms with van der Waals surface area (Å²) >= 11 is 0. The van der Waals surface area contributed by atoms with Crippen molar-refractivity contribution in [3.8, 4) is 0 Å². The maximum Gasteiger partial charge on any atom is 0.0220 e. The molecule has 3 atom stereocenters. The lowest BCUT2D eigenvalue weighted by Crippen LogP contribution is -2.48. The summed E-state index contributed by atoms with van der Waals surface area (Å²) < 4.78 is 0. The van der Waals surface area contributed by atoms with Crippen molar-refractivity contribution in [3.05, 3.63) is 0 Å². The Kier molecular flexibility index (Phi) is 2.69. The van der Waals surface area contributed by atoms with Crippen molar-refractivity contribution in [1.82, 2.24) is 0 Å². The van der Waals surface area contributed by atoms with Crippen molar-refractivity contribution in [1.29, 1.82) is 0 Å². The quantitative estimate of drug-likeness (QED) is 0.570. The second-order valence-electron chi connectivity index (χ2n) is 3.34. The molecule has 1 aliphatic rings. The second-order valence-corrected chi connectivity index (χ2v) is 3.34. The maximum atomic E-state index is 5.91. The molecule has 0 radical (unpaired) electrons. The lowest BCUT2D eigenvalue weighted by Gasteiger charge is -2.32. The topological polar surface area (TPSA) is 52.0 Å². The van der Waals surface area contributed by atoms with Crippen molar-refractivity contribution in [2.45, 2.75) is 44.7 Å². The molecule has 1 fully saturated rings. The fourth-order valence-corrected chi connectivity index (χ4v) is 1.83. The van der Waals surface area contributed by atoms with E-state index in [9.17, 15) is 0 Å². The summed E-state index contributed by atoms with van der Waals surface area (Å²) in [5.74, 6) is 0.684. The third-order valence-electron chi connectivity index (χ3n) is 2.68. The van der Waals surface area contributed by atoms with Gasteiger partial charge in [-0.05, 0) is 18.8 Å². The van der Waals surface area contributed by atoms with Crippen LogP contribution in [-0.4, -0.2) is 12.1 Å². The smallest absolute Gasteiger partial charge is 0.0220 e. The molecule has 0 aliphatic heterocycles. The molecule has 0 spiro atoms. The summed E-state index contributed by atoms with van der Waals surface area (Å²) in [7, 11) is 0. The molecule has 3 unspecified atom stereocenters. The molecular weight excluding hydrogens is 124 g/mol. The van der Waals surface area contributed by atoms with Gasteiger partial charge in [-0.15, -0.1) is 0 Å². The van der Waals surface area contributed by atoms with Crippen molar-refractivity contribution < 1.29 is 0 Å². The van der Waals surface area contributed by atoms with Gasteiger partial charge in [-0.1, -0.05) is 19.8 Å². The van der Waals surface area contributed by atoms with E-state index in [0.29, 0.717) is 5.92 Å². The first kappa shape index (κ1) is 8.02. The van der Waals surface area contributed by atoms with Crippen LogP contribution in [0.5, 0.6) is 0 Å². The van der Waals surface area contributed by atoms with E-state index >= 15 is 0 Å². The monoisotopic (exact) mass is 142 g/mol. The molecule has 4 N–H and O–H groups in total. The number of nitrogens with two attached hydrogens (primary N) is 2. The van der Waals surface area contributed by atoms with Crippen LogP contribution in [0.25, 0.3) is 0 Å². The van der Waals surface area contributed by atoms with Crippen molar-refractivity contribution >= 4 is 0 Å². The number of rotatable bonds is 1. The van der Waals surface area contributed by atoms with Gasteiger partial charge in [0.15, 0.2) is 0 Å². The first-order valence-electron chi connectivity index (χ1n) is 4.27. The van der Waals surface area contributed by atoms with Gasteiger partial charge < -0.3 is 11.5 Å². The molecular formula is C8H18N2. The normalized spacial score (nSPS) is 41.7. The van der Waals surface area contributed by atoms with Gasteiger partial charge in [-0.3, -0.25) is 0 Å². The molecule has 0 aromatic carbocycles. The highest BCUT2D eigenvalue weighted by Crippen LogP contribution is 2.24. The molecule has 0 bridgehead atoms. The summed E-state index contributed by atoms with van der Waals surface area (Å²) in [5.41, 5.74) is 11.7. The van der Waals surface area contributed by atoms with Crippen LogP contribution < -0.4 is 11.5 Å². The van der Waals surface area contributed by atoms with Crippen LogP contribution in [0.1, 0.15) is 32.6 Å². The van der Waals surface area contributed by atoms with Gasteiger partial charge in [0, 0.05) is 12.1 Å². The average molecular weight is 142 g/mol. The first-order chi connectivity index (χ1) is 4.75. The van der Waals surface area contributed by atoms with Crippen LogP contribution in [-0.2, 0) is 0 Å². The minimum atomic E-state index is 0.263. The van der Waals surface area contributed by atoms with E-state index in [2.05, 4.69) is 6.92 Å². The lowest BCUT2D eigenvalue weighted by molar-refractivity contribution is 0.267. The van der Waals surface area contributed by atoms with Crippen molar-refractivity contribution in [2.24, 2.45) is 17.4 Å². The van der Waals surface area contributed by atoms with Crippen LogP contribution >= 0.6 is 0 Å². The number of hydrogen-bond acceptors (Lipinski definition) is 2. The highest BCUT2D eigenvalue weighted by atomic mass is 14.8. The highest BCUT2D eigenvalue weighted by Gasteiger charge is 2.26. The zero-order chi connectivity index (χ0) is 7.56. The van der Waals surface area contributed by atoms with Gasteiger partial charge in [-0.25, -0.2) is 0 Å². The third kappa shape index (κ3) is 1.50. The molecule has 0 aromatic heterocycles. The summed E-state index contributed by atoms with van der Waals surface area (Å²) in [4.78, 5) is 0. The Morgan fingerprint density at radius 3 is 2.50 bits per heavy atom. The Morgan fingerprint density at radius 1 is 1.30 bits per heavy atom. The van der Waals surface area contributed by atoms with E-state index < -0.39 is 0 Å². The van der Waals surface area contributed by atoms with E-state index in [0.717, 1.165) is 6.42 Å². The van der Waals surface area contributed by atoms with Crippen LogP contribution in [0.2, 0.25) is 0 Å². The molecule has 10 heavy (non-hydrogen) atoms. The summed E-state index contributed by atoms with van der Waals surface area (Å²) in [6.45, 7) is 2.20. The largest absolute Gasteiger partial charge is 0.326 e. The zero-order valence-electron chi connectivity index (χ0n) is 6.72. The van der Waals surface area contributed by atoms with Gasteiger partial charge >= 0.3 is 0 Å². The maximum absolute atomic E-state index is 5.91. The van der Waals surface area contributed by atoms with Crippen molar-refractivity contribution in [3.63, 3.8) is 0 Å². The molecule has 1 aliphatic carbocycles. The molecule has 0 aromatic rings. The predicted octanol–water partition coefficient (Wildman–Crippen LogP) is 0.851. The molecule has 60 valence electrons. The van der Waals surface area contributed by atoms with Crippen LogP contribution in [0.3, 0.4) is 0 Å². The molecule has 0 saturated heterocycles. The lowest BCUT2D eigenvalue weighted by atomic mass is 9.80. The van der Waals surface area contributed by atoms with E-state index in [-0.39, 0.29) is 12.1 Å². The van der Waals surface area contributed by atoms with Gasteiger partial charge in [0.25, 0.3) is 0 Å². The Morgan fingerprint density at radius 2 is 2.00 bits per heavy atom. The van der Waals surface area contributed by atoms with Crippen molar-refractivity contribution in [2.75, 3.05) is 0 Å². The fraction of sp³-hybridized carbons (Fsp3) is 1.00. The molecule has 0 heterocycles. The van der Waals surface area contributed by atoms with E-state index in [4.69, 9.17) is 11.5 Å². The summed E-state index contributed by atoms with van der Waals surface area (Å²) in [5, 5.41) is 0. The van der Waals surface area contributed by atoms with E-state index in [1.807, 2.05) is 0 Å². The van der Waals surface area contributed by atoms with Crippen LogP contribution in [0, 0.1) is 5.92 Å². The third-order valence-corrected chi connectivity index (χ3v) is 2.68. The predicted molar refractivity (Wildman–Crippen MR) is 43.6 cm³/mol. The second kappa shape index (κ2) is 3.35. The van der Waals surface area contributed by atoms with Crippen LogP contribution in [0.4, 0.5) is 0 Å². The minimum absolute atomic E-state index is 0.263. The summed E-state index contributed by atoms with van der Waals surface area (Å²) in [6, 6.07) is 0.525. The average Bonchev–Trinajstić information content (AvgIpc) is 1.95. The Labute approximate surface area is 63.0 Å².